The molecule has 0 radical (unpaired) electrons. The highest BCUT2D eigenvalue weighted by Crippen LogP contribution is 2.35. The number of piperidine rings is 1. The maximum Gasteiger partial charge on any atom is 0.332 e. The van der Waals surface area contributed by atoms with Crippen LogP contribution >= 0.6 is 0 Å². The third kappa shape index (κ3) is 6.48. The smallest absolute Gasteiger partial charge is 0.332 e. The summed E-state index contributed by atoms with van der Waals surface area (Å²) in [5, 5.41) is 0. The first kappa shape index (κ1) is 21.1. The summed E-state index contributed by atoms with van der Waals surface area (Å²) >= 11 is 0. The van der Waals surface area contributed by atoms with E-state index in [0.717, 1.165) is 19.4 Å². The highest BCUT2D eigenvalue weighted by molar-refractivity contribution is 5.80. The van der Waals surface area contributed by atoms with Crippen molar-refractivity contribution in [1.29, 1.82) is 0 Å². The number of carbonyl (C=O) groups excluding carboxylic acids is 3. The molecule has 1 heterocycles. The molecule has 1 aromatic carbocycles. The van der Waals surface area contributed by atoms with Crippen molar-refractivity contribution in [2.75, 3.05) is 13.2 Å². The van der Waals surface area contributed by atoms with E-state index in [-0.39, 0.29) is 18.9 Å². The van der Waals surface area contributed by atoms with E-state index >= 15 is 0 Å². The molecule has 2 amide bonds. The Hall–Kier alpha value is -2.57. The molecular formula is C22H30N2O5. The van der Waals surface area contributed by atoms with Gasteiger partial charge < -0.3 is 14.5 Å². The number of hydroxylamine groups is 1. The lowest BCUT2D eigenvalue weighted by Gasteiger charge is -2.44. The molecule has 1 saturated carbocycles. The summed E-state index contributed by atoms with van der Waals surface area (Å²) in [6.07, 6.45) is 7.96. The lowest BCUT2D eigenvalue weighted by molar-refractivity contribution is -0.159. The minimum Gasteiger partial charge on any atom is -0.484 e. The normalized spacial score (nSPS) is 21.0. The van der Waals surface area contributed by atoms with E-state index in [0.29, 0.717) is 30.6 Å². The van der Waals surface area contributed by atoms with Crippen LogP contribution in [-0.2, 0) is 19.2 Å². The first-order valence-corrected chi connectivity index (χ1v) is 10.6. The van der Waals surface area contributed by atoms with Crippen molar-refractivity contribution >= 4 is 17.8 Å². The predicted octanol–water partition coefficient (Wildman–Crippen LogP) is 2.99. The van der Waals surface area contributed by atoms with Crippen molar-refractivity contribution in [3.05, 3.63) is 30.3 Å². The number of rotatable bonds is 7. The van der Waals surface area contributed by atoms with E-state index in [1.807, 2.05) is 11.0 Å². The Morgan fingerprint density at radius 2 is 1.76 bits per heavy atom. The fourth-order valence-corrected chi connectivity index (χ4v) is 4.32. The standard InChI is InChI=1S/C22H30N2O5/c25-20(16-28-18-10-2-1-3-11-18)23-29-22(27)14-6-13-21(26)24-15-7-9-17-8-4-5-12-19(17)24/h1-3,10-11,17,19H,4-9,12-16H2,(H,23,25). The largest absolute Gasteiger partial charge is 0.484 e. The number of ether oxygens (including phenoxy) is 1. The number of fused-ring (bicyclic) bond motifs is 1. The summed E-state index contributed by atoms with van der Waals surface area (Å²) in [5.74, 6) is 0.245. The second-order valence-electron chi connectivity index (χ2n) is 7.80. The Labute approximate surface area is 171 Å². The summed E-state index contributed by atoms with van der Waals surface area (Å²) in [7, 11) is 0. The average molecular weight is 402 g/mol. The van der Waals surface area contributed by atoms with Gasteiger partial charge in [0.25, 0.3) is 5.91 Å². The van der Waals surface area contributed by atoms with Crippen molar-refractivity contribution < 1.29 is 24.0 Å². The van der Waals surface area contributed by atoms with E-state index in [1.54, 1.807) is 24.3 Å². The van der Waals surface area contributed by atoms with Crippen LogP contribution in [0.3, 0.4) is 0 Å². The fraction of sp³-hybridized carbons (Fsp3) is 0.591. The number of likely N-dealkylation sites (tertiary alicyclic amines) is 1. The van der Waals surface area contributed by atoms with Crippen molar-refractivity contribution in [2.24, 2.45) is 5.92 Å². The van der Waals surface area contributed by atoms with Gasteiger partial charge in [0.05, 0.1) is 0 Å². The Balaban J connectivity index is 1.30. The summed E-state index contributed by atoms with van der Waals surface area (Å²) in [5.41, 5.74) is 2.08. The van der Waals surface area contributed by atoms with Gasteiger partial charge in [-0.2, -0.15) is 5.48 Å². The van der Waals surface area contributed by atoms with E-state index in [9.17, 15) is 14.4 Å². The monoisotopic (exact) mass is 402 g/mol. The van der Waals surface area contributed by atoms with Crippen LogP contribution in [0, 0.1) is 5.92 Å². The van der Waals surface area contributed by atoms with Crippen molar-refractivity contribution in [3.8, 4) is 5.75 Å². The minimum atomic E-state index is -0.556. The molecule has 1 N–H and O–H groups in total. The number of nitrogens with one attached hydrogen (secondary N) is 1. The molecule has 0 bridgehead atoms. The van der Waals surface area contributed by atoms with Crippen LogP contribution in [0.5, 0.6) is 5.75 Å². The molecule has 2 unspecified atom stereocenters. The molecule has 158 valence electrons. The average Bonchev–Trinajstić information content (AvgIpc) is 2.76. The van der Waals surface area contributed by atoms with Gasteiger partial charge in [-0.15, -0.1) is 0 Å². The van der Waals surface area contributed by atoms with E-state index < -0.39 is 11.9 Å². The molecule has 1 aromatic rings. The van der Waals surface area contributed by atoms with Gasteiger partial charge in [-0.25, -0.2) is 4.79 Å². The second-order valence-corrected chi connectivity index (χ2v) is 7.80. The van der Waals surface area contributed by atoms with Crippen LogP contribution in [0.1, 0.15) is 57.8 Å². The van der Waals surface area contributed by atoms with Crippen LogP contribution in [0.15, 0.2) is 30.3 Å². The molecule has 2 fully saturated rings. The summed E-state index contributed by atoms with van der Waals surface area (Å²) in [4.78, 5) is 42.9. The molecular weight excluding hydrogens is 372 g/mol. The summed E-state index contributed by atoms with van der Waals surface area (Å²) in [6.45, 7) is 0.592. The quantitative estimate of drug-likeness (QED) is 0.709. The molecule has 29 heavy (non-hydrogen) atoms. The number of amides is 2. The maximum atomic E-state index is 12.6. The zero-order chi connectivity index (χ0) is 20.5. The van der Waals surface area contributed by atoms with Crippen molar-refractivity contribution in [1.82, 2.24) is 10.4 Å². The third-order valence-electron chi connectivity index (χ3n) is 5.73. The first-order valence-electron chi connectivity index (χ1n) is 10.6. The van der Waals surface area contributed by atoms with Gasteiger partial charge in [-0.05, 0) is 50.2 Å². The first-order chi connectivity index (χ1) is 14.1. The van der Waals surface area contributed by atoms with Crippen LogP contribution in [-0.4, -0.2) is 41.9 Å². The van der Waals surface area contributed by atoms with Gasteiger partial charge in [0.15, 0.2) is 6.61 Å². The Kier molecular flexibility index (Phi) is 7.90. The van der Waals surface area contributed by atoms with Crippen LogP contribution in [0.2, 0.25) is 0 Å². The molecule has 1 aliphatic heterocycles. The third-order valence-corrected chi connectivity index (χ3v) is 5.73. The zero-order valence-electron chi connectivity index (χ0n) is 16.8. The molecule has 7 heteroatoms. The van der Waals surface area contributed by atoms with E-state index in [4.69, 9.17) is 9.57 Å². The van der Waals surface area contributed by atoms with E-state index in [2.05, 4.69) is 5.48 Å². The molecule has 1 saturated heterocycles. The Bertz CT molecular complexity index is 692. The lowest BCUT2D eigenvalue weighted by Crippen LogP contribution is -2.49. The molecule has 2 atom stereocenters. The molecule has 0 spiro atoms. The summed E-state index contributed by atoms with van der Waals surface area (Å²) < 4.78 is 5.27. The topological polar surface area (TPSA) is 84.9 Å². The molecule has 0 aromatic heterocycles. The molecule has 2 aliphatic rings. The van der Waals surface area contributed by atoms with Crippen LogP contribution in [0.25, 0.3) is 0 Å². The SMILES string of the molecule is O=C(COc1ccccc1)NOC(=O)CCCC(=O)N1CCCC2CCCCC21. The molecule has 7 nitrogen and oxygen atoms in total. The fourth-order valence-electron chi connectivity index (χ4n) is 4.32. The highest BCUT2D eigenvalue weighted by Gasteiger charge is 2.35. The zero-order valence-corrected chi connectivity index (χ0v) is 16.8. The minimum absolute atomic E-state index is 0.0908. The van der Waals surface area contributed by atoms with Crippen molar-refractivity contribution in [3.63, 3.8) is 0 Å². The number of carbonyl (C=O) groups is 3. The summed E-state index contributed by atoms with van der Waals surface area (Å²) in [6, 6.07) is 9.29. The van der Waals surface area contributed by atoms with Gasteiger partial charge in [-0.1, -0.05) is 31.0 Å². The van der Waals surface area contributed by atoms with Crippen LogP contribution in [0.4, 0.5) is 0 Å². The van der Waals surface area contributed by atoms with Gasteiger partial charge in [-0.3, -0.25) is 9.59 Å². The Morgan fingerprint density at radius 3 is 2.59 bits per heavy atom. The number of nitrogens with zero attached hydrogens (tertiary/aromatic N) is 1. The highest BCUT2D eigenvalue weighted by atomic mass is 16.7. The van der Waals surface area contributed by atoms with Crippen LogP contribution < -0.4 is 10.2 Å². The van der Waals surface area contributed by atoms with Gasteiger partial charge in [0.2, 0.25) is 5.91 Å². The van der Waals surface area contributed by atoms with Crippen molar-refractivity contribution in [2.45, 2.75) is 63.8 Å². The van der Waals surface area contributed by atoms with Gasteiger partial charge in [0.1, 0.15) is 5.75 Å². The number of para-hydroxylation sites is 1. The second kappa shape index (κ2) is 10.8. The molecule has 3 rings (SSSR count). The molecule has 1 aliphatic carbocycles. The maximum absolute atomic E-state index is 12.6. The number of benzene rings is 1. The predicted molar refractivity (Wildman–Crippen MR) is 107 cm³/mol. The van der Waals surface area contributed by atoms with Gasteiger partial charge in [0, 0.05) is 25.4 Å². The number of hydrogen-bond acceptors (Lipinski definition) is 5. The Morgan fingerprint density at radius 1 is 1.00 bits per heavy atom. The lowest BCUT2D eigenvalue weighted by atomic mass is 9.78. The van der Waals surface area contributed by atoms with Gasteiger partial charge >= 0.3 is 5.97 Å². The van der Waals surface area contributed by atoms with E-state index in [1.165, 1.54) is 25.7 Å². The number of hydrogen-bond donors (Lipinski definition) is 1.